The van der Waals surface area contributed by atoms with Crippen LogP contribution in [-0.2, 0) is 4.74 Å². The first-order valence-corrected chi connectivity index (χ1v) is 8.34. The summed E-state index contributed by atoms with van der Waals surface area (Å²) in [5.74, 6) is -0.514. The second kappa shape index (κ2) is 6.55. The Morgan fingerprint density at radius 2 is 1.76 bits per heavy atom. The van der Waals surface area contributed by atoms with Crippen LogP contribution < -0.4 is 0 Å². The van der Waals surface area contributed by atoms with Crippen molar-refractivity contribution in [1.29, 1.82) is 0 Å². The zero-order valence-corrected chi connectivity index (χ0v) is 14.9. The van der Waals surface area contributed by atoms with Gasteiger partial charge in [0.1, 0.15) is 0 Å². The van der Waals surface area contributed by atoms with Gasteiger partial charge in [0.25, 0.3) is 0 Å². The maximum Gasteiger partial charge on any atom is 0.340 e. The third-order valence-electron chi connectivity index (χ3n) is 4.71. The van der Waals surface area contributed by atoms with Gasteiger partial charge in [0.2, 0.25) is 5.78 Å². The fraction of sp³-hybridized carbons (Fsp3) is 0.238. The maximum atomic E-state index is 13.2. The Morgan fingerprint density at radius 1 is 1.00 bits per heavy atom. The van der Waals surface area contributed by atoms with Gasteiger partial charge >= 0.3 is 5.97 Å². The molecule has 2 heterocycles. The Balaban J connectivity index is 2.18. The number of ketones is 1. The third kappa shape index (κ3) is 2.84. The van der Waals surface area contributed by atoms with Gasteiger partial charge in [-0.1, -0.05) is 18.2 Å². The van der Waals surface area contributed by atoms with E-state index >= 15 is 0 Å². The van der Waals surface area contributed by atoms with Crippen molar-refractivity contribution in [1.82, 2.24) is 4.40 Å². The van der Waals surface area contributed by atoms with Crippen molar-refractivity contribution in [3.05, 3.63) is 76.1 Å². The van der Waals surface area contributed by atoms with Gasteiger partial charge in [0.05, 0.1) is 23.4 Å². The summed E-state index contributed by atoms with van der Waals surface area (Å²) in [4.78, 5) is 25.4. The molecule has 0 bridgehead atoms. The first kappa shape index (κ1) is 17.0. The van der Waals surface area contributed by atoms with Crippen LogP contribution in [-0.4, -0.2) is 22.8 Å². The minimum absolute atomic E-state index is 0.0997. The lowest BCUT2D eigenvalue weighted by atomic mass is 9.95. The molecule has 128 valence electrons. The van der Waals surface area contributed by atoms with E-state index in [2.05, 4.69) is 0 Å². The molecule has 25 heavy (non-hydrogen) atoms. The molecule has 0 spiro atoms. The lowest BCUT2D eigenvalue weighted by Gasteiger charge is -2.10. The number of pyridine rings is 1. The van der Waals surface area contributed by atoms with Crippen LogP contribution in [0.3, 0.4) is 0 Å². The summed E-state index contributed by atoms with van der Waals surface area (Å²) in [5.41, 5.74) is 5.43. The molecule has 0 N–H and O–H groups in total. The van der Waals surface area contributed by atoms with E-state index < -0.39 is 5.97 Å². The summed E-state index contributed by atoms with van der Waals surface area (Å²) in [6.07, 6.45) is 1.79. The van der Waals surface area contributed by atoms with E-state index in [0.29, 0.717) is 28.9 Å². The number of fused-ring (bicyclic) bond motifs is 1. The summed E-state index contributed by atoms with van der Waals surface area (Å²) < 4.78 is 6.88. The van der Waals surface area contributed by atoms with Gasteiger partial charge in [-0.05, 0) is 62.6 Å². The molecule has 0 unspecified atom stereocenters. The fourth-order valence-electron chi connectivity index (χ4n) is 3.04. The second-order valence-corrected chi connectivity index (χ2v) is 6.13. The van der Waals surface area contributed by atoms with Crippen LogP contribution in [0.1, 0.15) is 50.0 Å². The second-order valence-electron chi connectivity index (χ2n) is 6.13. The average molecular weight is 335 g/mol. The van der Waals surface area contributed by atoms with Crippen LogP contribution in [0, 0.1) is 20.8 Å². The minimum atomic E-state index is -0.415. The number of rotatable bonds is 4. The molecule has 4 heteroatoms. The van der Waals surface area contributed by atoms with E-state index in [9.17, 15) is 9.59 Å². The molecule has 1 aromatic carbocycles. The Labute approximate surface area is 147 Å². The maximum absolute atomic E-state index is 13.2. The smallest absolute Gasteiger partial charge is 0.340 e. The van der Waals surface area contributed by atoms with Gasteiger partial charge in [-0.25, -0.2) is 4.79 Å². The standard InChI is InChI=1S/C21H21NO3/c1-5-25-21(24)17-12-19(22-11-7-6-8-18(17)22)20(23)16-10-9-13(2)14(3)15(16)4/h6-12H,5H2,1-4H3. The number of carbonyl (C=O) groups excluding carboxylic acids is 2. The molecular weight excluding hydrogens is 314 g/mol. The molecular formula is C21H21NO3. The molecule has 0 radical (unpaired) electrons. The summed E-state index contributed by atoms with van der Waals surface area (Å²) in [6.45, 7) is 8.06. The van der Waals surface area contributed by atoms with Gasteiger partial charge in [-0.2, -0.15) is 0 Å². The van der Waals surface area contributed by atoms with Crippen molar-refractivity contribution in [2.45, 2.75) is 27.7 Å². The molecule has 0 saturated heterocycles. The average Bonchev–Trinajstić information content (AvgIpc) is 2.99. The molecule has 0 aliphatic heterocycles. The van der Waals surface area contributed by atoms with Crippen LogP contribution in [0.25, 0.3) is 5.52 Å². The summed E-state index contributed by atoms with van der Waals surface area (Å²) in [7, 11) is 0. The zero-order chi connectivity index (χ0) is 18.1. The Bertz CT molecular complexity index is 982. The van der Waals surface area contributed by atoms with Crippen LogP contribution >= 0.6 is 0 Å². The van der Waals surface area contributed by atoms with Crippen molar-refractivity contribution in [3.8, 4) is 0 Å². The highest BCUT2D eigenvalue weighted by molar-refractivity contribution is 6.12. The molecule has 0 saturated carbocycles. The minimum Gasteiger partial charge on any atom is -0.462 e. The molecule has 0 aliphatic rings. The Hall–Kier alpha value is -2.88. The van der Waals surface area contributed by atoms with E-state index in [0.717, 1.165) is 16.7 Å². The largest absolute Gasteiger partial charge is 0.462 e. The lowest BCUT2D eigenvalue weighted by molar-refractivity contribution is 0.0529. The number of aromatic nitrogens is 1. The Morgan fingerprint density at radius 3 is 2.48 bits per heavy atom. The van der Waals surface area contributed by atoms with Crippen LogP contribution in [0.15, 0.2) is 42.6 Å². The van der Waals surface area contributed by atoms with E-state index in [-0.39, 0.29) is 5.78 Å². The topological polar surface area (TPSA) is 47.8 Å². The molecule has 2 aromatic heterocycles. The molecule has 3 aromatic rings. The van der Waals surface area contributed by atoms with Crippen molar-refractivity contribution < 1.29 is 14.3 Å². The fourth-order valence-corrected chi connectivity index (χ4v) is 3.04. The monoisotopic (exact) mass is 335 g/mol. The van der Waals surface area contributed by atoms with Crippen LogP contribution in [0.4, 0.5) is 0 Å². The SMILES string of the molecule is CCOC(=O)c1cc(C(=O)c2ccc(C)c(C)c2C)n2ccccc12. The first-order chi connectivity index (χ1) is 12.0. The molecule has 0 aliphatic carbocycles. The highest BCUT2D eigenvalue weighted by Gasteiger charge is 2.22. The Kier molecular flexibility index (Phi) is 4.45. The highest BCUT2D eigenvalue weighted by atomic mass is 16.5. The lowest BCUT2D eigenvalue weighted by Crippen LogP contribution is -2.08. The van der Waals surface area contributed by atoms with Crippen molar-refractivity contribution in [2.24, 2.45) is 0 Å². The van der Waals surface area contributed by atoms with Gasteiger partial charge in [-0.15, -0.1) is 0 Å². The van der Waals surface area contributed by atoms with E-state index in [1.807, 2.05) is 51.1 Å². The number of aryl methyl sites for hydroxylation is 1. The van der Waals surface area contributed by atoms with Crippen LogP contribution in [0.2, 0.25) is 0 Å². The highest BCUT2D eigenvalue weighted by Crippen LogP contribution is 2.24. The van der Waals surface area contributed by atoms with Crippen molar-refractivity contribution in [3.63, 3.8) is 0 Å². The van der Waals surface area contributed by atoms with Gasteiger partial charge in [-0.3, -0.25) is 4.79 Å². The summed E-state index contributed by atoms with van der Waals surface area (Å²) >= 11 is 0. The number of benzene rings is 1. The van der Waals surface area contributed by atoms with Crippen molar-refractivity contribution >= 4 is 17.3 Å². The number of nitrogens with zero attached hydrogens (tertiary/aromatic N) is 1. The number of hydrogen-bond donors (Lipinski definition) is 0. The van der Waals surface area contributed by atoms with Gasteiger partial charge in [0.15, 0.2) is 0 Å². The predicted molar refractivity (Wildman–Crippen MR) is 97.4 cm³/mol. The van der Waals surface area contributed by atoms with E-state index in [1.54, 1.807) is 23.6 Å². The van der Waals surface area contributed by atoms with Gasteiger partial charge < -0.3 is 9.14 Å². The molecule has 3 rings (SSSR count). The molecule has 0 fully saturated rings. The molecule has 0 amide bonds. The number of esters is 1. The normalized spacial score (nSPS) is 10.9. The summed E-state index contributed by atoms with van der Waals surface area (Å²) in [6, 6.07) is 10.9. The third-order valence-corrected chi connectivity index (χ3v) is 4.71. The number of ether oxygens (including phenoxy) is 1. The van der Waals surface area contributed by atoms with Gasteiger partial charge in [0, 0.05) is 11.8 Å². The first-order valence-electron chi connectivity index (χ1n) is 8.34. The van der Waals surface area contributed by atoms with E-state index in [1.165, 1.54) is 0 Å². The molecule has 0 atom stereocenters. The zero-order valence-electron chi connectivity index (χ0n) is 14.9. The van der Waals surface area contributed by atoms with E-state index in [4.69, 9.17) is 4.74 Å². The quantitative estimate of drug-likeness (QED) is 0.528. The van der Waals surface area contributed by atoms with Crippen molar-refractivity contribution in [2.75, 3.05) is 6.61 Å². The predicted octanol–water partition coefficient (Wildman–Crippen LogP) is 4.27. The number of carbonyl (C=O) groups is 2. The summed E-state index contributed by atoms with van der Waals surface area (Å²) in [5, 5.41) is 0. The number of hydrogen-bond acceptors (Lipinski definition) is 3. The van der Waals surface area contributed by atoms with Crippen LogP contribution in [0.5, 0.6) is 0 Å². The molecule has 4 nitrogen and oxygen atoms in total.